The van der Waals surface area contributed by atoms with Gasteiger partial charge in [-0.05, 0) is 37.6 Å². The maximum Gasteiger partial charge on any atom is 0.213 e. The molecule has 1 saturated heterocycles. The SMILES string of the molecule is CN=C(NCCS(=O)(=O)NCC1CCCCO1)NC(C)c1cccs1.I. The van der Waals surface area contributed by atoms with Crippen LogP contribution in [-0.2, 0) is 14.8 Å². The lowest BCUT2D eigenvalue weighted by atomic mass is 10.1. The van der Waals surface area contributed by atoms with Gasteiger partial charge in [-0.25, -0.2) is 13.1 Å². The molecule has 1 aliphatic rings. The molecule has 0 amide bonds. The number of aliphatic imine (C=N–C) groups is 1. The molecule has 0 saturated carbocycles. The van der Waals surface area contributed by atoms with Crippen LogP contribution in [0.25, 0.3) is 0 Å². The fourth-order valence-electron chi connectivity index (χ4n) is 2.57. The minimum Gasteiger partial charge on any atom is -0.377 e. The molecule has 0 aromatic carbocycles. The molecular formula is C16H29IN4O3S2. The van der Waals surface area contributed by atoms with Crippen molar-refractivity contribution in [3.05, 3.63) is 22.4 Å². The van der Waals surface area contributed by atoms with E-state index >= 15 is 0 Å². The van der Waals surface area contributed by atoms with Gasteiger partial charge < -0.3 is 15.4 Å². The maximum atomic E-state index is 12.1. The molecule has 2 unspecified atom stereocenters. The molecule has 2 rings (SSSR count). The van der Waals surface area contributed by atoms with Crippen molar-refractivity contribution in [3.8, 4) is 0 Å². The molecule has 10 heteroatoms. The predicted octanol–water partition coefficient (Wildman–Crippen LogP) is 2.08. The van der Waals surface area contributed by atoms with Gasteiger partial charge in [-0.3, -0.25) is 4.99 Å². The Balaban J connectivity index is 0.00000338. The zero-order chi connectivity index (χ0) is 18.1. The molecule has 2 atom stereocenters. The van der Waals surface area contributed by atoms with Crippen LogP contribution in [0.2, 0.25) is 0 Å². The quantitative estimate of drug-likeness (QED) is 0.280. The summed E-state index contributed by atoms with van der Waals surface area (Å²) in [6, 6.07) is 4.17. The lowest BCUT2D eigenvalue weighted by Crippen LogP contribution is -2.43. The summed E-state index contributed by atoms with van der Waals surface area (Å²) in [4.78, 5) is 5.34. The van der Waals surface area contributed by atoms with Gasteiger partial charge in [0.2, 0.25) is 10.0 Å². The number of ether oxygens (including phenoxy) is 1. The summed E-state index contributed by atoms with van der Waals surface area (Å²) in [5, 5.41) is 8.33. The first kappa shape index (κ1) is 23.6. The molecule has 26 heavy (non-hydrogen) atoms. The highest BCUT2D eigenvalue weighted by molar-refractivity contribution is 14.0. The van der Waals surface area contributed by atoms with E-state index in [-0.39, 0.29) is 48.4 Å². The third-order valence-electron chi connectivity index (χ3n) is 4.01. The number of rotatable bonds is 8. The van der Waals surface area contributed by atoms with Gasteiger partial charge in [0.15, 0.2) is 5.96 Å². The van der Waals surface area contributed by atoms with Crippen molar-refractivity contribution in [1.29, 1.82) is 0 Å². The number of hydrogen-bond acceptors (Lipinski definition) is 5. The first-order valence-electron chi connectivity index (χ1n) is 8.59. The van der Waals surface area contributed by atoms with E-state index in [2.05, 4.69) is 26.4 Å². The number of nitrogens with zero attached hydrogens (tertiary/aromatic N) is 1. The summed E-state index contributed by atoms with van der Waals surface area (Å²) in [7, 11) is -1.66. The Morgan fingerprint density at radius 1 is 1.46 bits per heavy atom. The van der Waals surface area contributed by atoms with Crippen LogP contribution in [0.15, 0.2) is 22.5 Å². The van der Waals surface area contributed by atoms with Gasteiger partial charge in [-0.2, -0.15) is 0 Å². The number of hydrogen-bond donors (Lipinski definition) is 3. The molecule has 1 fully saturated rings. The summed E-state index contributed by atoms with van der Waals surface area (Å²) in [6.45, 7) is 3.40. The average Bonchev–Trinajstić information content (AvgIpc) is 3.15. The number of sulfonamides is 1. The smallest absolute Gasteiger partial charge is 0.213 e. The minimum atomic E-state index is -3.33. The summed E-state index contributed by atoms with van der Waals surface area (Å²) in [6.07, 6.45) is 3.07. The standard InChI is InChI=1S/C16H28N4O3S2.HI/c1-13(15-7-5-10-24-15)20-16(17-2)18-8-11-25(21,22)19-12-14-6-3-4-9-23-14;/h5,7,10,13-14,19H,3-4,6,8-9,11-12H2,1-2H3,(H2,17,18,20);1H. The summed E-state index contributed by atoms with van der Waals surface area (Å²) in [5.41, 5.74) is 0. The van der Waals surface area contributed by atoms with Gasteiger partial charge in [0.05, 0.1) is 17.9 Å². The Morgan fingerprint density at radius 2 is 2.27 bits per heavy atom. The van der Waals surface area contributed by atoms with Crippen LogP contribution in [0.1, 0.15) is 37.1 Å². The molecule has 0 aliphatic carbocycles. The molecule has 1 aromatic rings. The predicted molar refractivity (Wildman–Crippen MR) is 118 cm³/mol. The highest BCUT2D eigenvalue weighted by Gasteiger charge is 2.17. The zero-order valence-corrected chi connectivity index (χ0v) is 19.2. The monoisotopic (exact) mass is 516 g/mol. The van der Waals surface area contributed by atoms with Crippen LogP contribution in [-0.4, -0.2) is 53.0 Å². The summed E-state index contributed by atoms with van der Waals surface area (Å²) < 4.78 is 32.3. The van der Waals surface area contributed by atoms with E-state index in [0.717, 1.165) is 25.9 Å². The summed E-state index contributed by atoms with van der Waals surface area (Å²) >= 11 is 1.67. The first-order chi connectivity index (χ1) is 12.0. The van der Waals surface area contributed by atoms with E-state index in [1.807, 2.05) is 18.4 Å². The van der Waals surface area contributed by atoms with Gasteiger partial charge in [0.1, 0.15) is 0 Å². The molecule has 150 valence electrons. The van der Waals surface area contributed by atoms with Crippen molar-refractivity contribution in [1.82, 2.24) is 15.4 Å². The van der Waals surface area contributed by atoms with E-state index in [0.29, 0.717) is 12.5 Å². The number of nitrogens with one attached hydrogen (secondary N) is 3. The first-order valence-corrected chi connectivity index (χ1v) is 11.1. The van der Waals surface area contributed by atoms with Crippen LogP contribution in [0.5, 0.6) is 0 Å². The van der Waals surface area contributed by atoms with E-state index in [9.17, 15) is 8.42 Å². The van der Waals surface area contributed by atoms with E-state index in [1.165, 1.54) is 4.88 Å². The van der Waals surface area contributed by atoms with E-state index in [1.54, 1.807) is 18.4 Å². The third kappa shape index (κ3) is 8.51. The fraction of sp³-hybridized carbons (Fsp3) is 0.688. The number of halogens is 1. The summed E-state index contributed by atoms with van der Waals surface area (Å²) in [5.74, 6) is 0.583. The van der Waals surface area contributed by atoms with Gasteiger partial charge in [-0.15, -0.1) is 35.3 Å². The Labute approximate surface area is 177 Å². The van der Waals surface area contributed by atoms with Gasteiger partial charge in [0.25, 0.3) is 0 Å². The van der Waals surface area contributed by atoms with Crippen LogP contribution < -0.4 is 15.4 Å². The van der Waals surface area contributed by atoms with Crippen molar-refractivity contribution in [3.63, 3.8) is 0 Å². The van der Waals surface area contributed by atoms with Gasteiger partial charge in [0, 0.05) is 31.6 Å². The maximum absolute atomic E-state index is 12.1. The van der Waals surface area contributed by atoms with Crippen molar-refractivity contribution in [2.75, 3.05) is 32.5 Å². The second kappa shape index (κ2) is 12.1. The molecule has 2 heterocycles. The largest absolute Gasteiger partial charge is 0.377 e. The topological polar surface area (TPSA) is 91.8 Å². The highest BCUT2D eigenvalue weighted by Crippen LogP contribution is 2.17. The Morgan fingerprint density at radius 3 is 2.88 bits per heavy atom. The van der Waals surface area contributed by atoms with Crippen LogP contribution in [0.4, 0.5) is 0 Å². The second-order valence-corrected chi connectivity index (χ2v) is 8.94. The zero-order valence-electron chi connectivity index (χ0n) is 15.2. The molecule has 0 spiro atoms. The molecule has 0 bridgehead atoms. The Hall–Kier alpha value is -0.430. The van der Waals surface area contributed by atoms with Gasteiger partial charge >= 0.3 is 0 Å². The van der Waals surface area contributed by atoms with Crippen LogP contribution in [0, 0.1) is 0 Å². The number of guanidine groups is 1. The molecule has 7 nitrogen and oxygen atoms in total. The highest BCUT2D eigenvalue weighted by atomic mass is 127. The van der Waals surface area contributed by atoms with Crippen molar-refractivity contribution in [2.45, 2.75) is 38.3 Å². The van der Waals surface area contributed by atoms with Crippen molar-refractivity contribution >= 4 is 51.3 Å². The van der Waals surface area contributed by atoms with Crippen LogP contribution in [0.3, 0.4) is 0 Å². The van der Waals surface area contributed by atoms with E-state index < -0.39 is 10.0 Å². The Kier molecular flexibility index (Phi) is 11.0. The van der Waals surface area contributed by atoms with Crippen molar-refractivity contribution < 1.29 is 13.2 Å². The second-order valence-electron chi connectivity index (χ2n) is 6.04. The molecule has 1 aliphatic heterocycles. The lowest BCUT2D eigenvalue weighted by Gasteiger charge is -2.22. The van der Waals surface area contributed by atoms with Crippen molar-refractivity contribution in [2.24, 2.45) is 4.99 Å². The van der Waals surface area contributed by atoms with Gasteiger partial charge in [-0.1, -0.05) is 6.07 Å². The molecule has 3 N–H and O–H groups in total. The number of thiophene rings is 1. The van der Waals surface area contributed by atoms with E-state index in [4.69, 9.17) is 4.74 Å². The Bertz CT molecular complexity index is 632. The van der Waals surface area contributed by atoms with Crippen LogP contribution >= 0.6 is 35.3 Å². The minimum absolute atomic E-state index is 0. The fourth-order valence-corrected chi connectivity index (χ4v) is 4.26. The molecule has 1 aromatic heterocycles. The third-order valence-corrected chi connectivity index (χ3v) is 6.42. The molecule has 0 radical (unpaired) electrons. The molecular weight excluding hydrogens is 487 g/mol. The average molecular weight is 516 g/mol. The lowest BCUT2D eigenvalue weighted by molar-refractivity contribution is 0.0200. The normalized spacial score (nSPS) is 19.5.